The van der Waals surface area contributed by atoms with Crippen molar-refractivity contribution >= 4 is 50.7 Å². The highest BCUT2D eigenvalue weighted by molar-refractivity contribution is 9.10. The van der Waals surface area contributed by atoms with Crippen LogP contribution in [0.4, 0.5) is 0 Å². The quantitative estimate of drug-likeness (QED) is 0.265. The molecule has 17 heteroatoms. The first-order chi connectivity index (χ1) is 24.0. The fourth-order valence-corrected chi connectivity index (χ4v) is 8.47. The molecule has 2 aromatic rings. The number of fused-ring (bicyclic) bond motifs is 5. The smallest absolute Gasteiger partial charge is 0.341 e. The lowest BCUT2D eigenvalue weighted by molar-refractivity contribution is -0.228. The van der Waals surface area contributed by atoms with E-state index in [1.54, 1.807) is 6.92 Å². The lowest BCUT2D eigenvalue weighted by atomic mass is 9.56. The van der Waals surface area contributed by atoms with Crippen molar-refractivity contribution in [2.75, 3.05) is 28.4 Å². The third-order valence-electron chi connectivity index (χ3n) is 10.4. The van der Waals surface area contributed by atoms with Crippen LogP contribution in [0.5, 0.6) is 11.5 Å². The number of methoxy groups -OCH3 is 4. The zero-order valence-electron chi connectivity index (χ0n) is 28.1. The number of ketones is 4. The molecule has 3 aliphatic carbocycles. The molecule has 1 saturated heterocycles. The Morgan fingerprint density at radius 1 is 0.980 bits per heavy atom. The molecule has 1 heterocycles. The van der Waals surface area contributed by atoms with Crippen molar-refractivity contribution in [3.8, 4) is 11.5 Å². The largest absolute Gasteiger partial charge is 0.507 e. The van der Waals surface area contributed by atoms with Crippen LogP contribution in [-0.2, 0) is 35.7 Å². The molecule has 51 heavy (non-hydrogen) atoms. The van der Waals surface area contributed by atoms with Gasteiger partial charge < -0.3 is 49.2 Å². The number of phenolic OH excluding ortho intramolecular Hbond substituents is 2. The molecule has 0 radical (unpaired) electrons. The molecule has 16 nitrogen and oxygen atoms in total. The van der Waals surface area contributed by atoms with Gasteiger partial charge in [0.15, 0.2) is 23.2 Å². The molecule has 4 aliphatic rings. The van der Waals surface area contributed by atoms with Gasteiger partial charge in [0.2, 0.25) is 17.3 Å². The van der Waals surface area contributed by atoms with Crippen LogP contribution >= 0.6 is 15.9 Å². The van der Waals surface area contributed by atoms with Crippen molar-refractivity contribution in [1.29, 1.82) is 0 Å². The molecule has 8 atom stereocenters. The van der Waals surface area contributed by atoms with E-state index in [2.05, 4.69) is 20.9 Å². The number of esters is 1. The van der Waals surface area contributed by atoms with E-state index in [1.807, 2.05) is 0 Å². The summed E-state index contributed by atoms with van der Waals surface area (Å²) in [6.07, 6.45) is -8.34. The topological polar surface area (TPSA) is 245 Å². The number of halogens is 1. The summed E-state index contributed by atoms with van der Waals surface area (Å²) in [6.45, 7) is 3.04. The highest BCUT2D eigenvalue weighted by Crippen LogP contribution is 2.58. The molecule has 2 aromatic carbocycles. The predicted octanol–water partition coefficient (Wildman–Crippen LogP) is 0.870. The molecule has 6 rings (SSSR count). The summed E-state index contributed by atoms with van der Waals surface area (Å²) < 4.78 is 26.9. The summed E-state index contributed by atoms with van der Waals surface area (Å²) in [6, 6.07) is 0.840. The van der Waals surface area contributed by atoms with Crippen molar-refractivity contribution in [2.45, 2.75) is 74.6 Å². The lowest BCUT2D eigenvalue weighted by Gasteiger charge is -2.53. The highest BCUT2D eigenvalue weighted by Gasteiger charge is 2.73. The van der Waals surface area contributed by atoms with Crippen molar-refractivity contribution < 1.29 is 73.2 Å². The maximum atomic E-state index is 14.7. The number of aliphatic imine (C=N–C) groups is 1. The first kappa shape index (κ1) is 36.8. The summed E-state index contributed by atoms with van der Waals surface area (Å²) in [5.41, 5.74) is -10.3. The average molecular weight is 777 g/mol. The molecular formula is C34H34BrNO15. The van der Waals surface area contributed by atoms with Crippen LogP contribution in [0.25, 0.3) is 0 Å². The Morgan fingerprint density at radius 2 is 1.63 bits per heavy atom. The van der Waals surface area contributed by atoms with E-state index in [-0.39, 0.29) is 21.3 Å². The second-order valence-electron chi connectivity index (χ2n) is 12.7. The van der Waals surface area contributed by atoms with Gasteiger partial charge in [-0.2, -0.15) is 0 Å². The minimum absolute atomic E-state index is 0.0416. The van der Waals surface area contributed by atoms with Gasteiger partial charge in [0, 0.05) is 48.9 Å². The first-order valence-electron chi connectivity index (χ1n) is 15.6. The number of rotatable bonds is 5. The molecule has 0 aromatic heterocycles. The van der Waals surface area contributed by atoms with Crippen molar-refractivity contribution in [3.05, 3.63) is 55.0 Å². The maximum absolute atomic E-state index is 14.7. The highest BCUT2D eigenvalue weighted by atomic mass is 79.9. The number of nitrogens with zero attached hydrogens (tertiary/aromatic N) is 1. The van der Waals surface area contributed by atoms with Gasteiger partial charge in [-0.1, -0.05) is 15.9 Å². The van der Waals surface area contributed by atoms with Gasteiger partial charge in [0.25, 0.3) is 0 Å². The average Bonchev–Trinajstić information content (AvgIpc) is 3.08. The molecule has 1 fully saturated rings. The second kappa shape index (κ2) is 12.6. The summed E-state index contributed by atoms with van der Waals surface area (Å²) in [5.74, 6) is -7.65. The number of Topliss-reactive ketones (excluding diaryl/α,β-unsaturated/α-hetero) is 4. The van der Waals surface area contributed by atoms with Gasteiger partial charge >= 0.3 is 5.97 Å². The standard InChI is InChI=1S/C34H34BrNO15/c1-10-18(32(45)49-5)25(41)21-14(22(10)35)8-17(38)34(50-6)30(44)20-13(29(43)33(21,34)46)7-12-19(24(20)40)16(37)9-15(23(12)39)36-31-28(48-4)26(42)27(47-3)11(2)51-31/h7,11,17,26-28,31,38,40-42,46H,8-9H2,1-6H3/t11?,17-,26?,27?,28?,31?,33+,34-/m1/s1. The van der Waals surface area contributed by atoms with Crippen LogP contribution in [0.15, 0.2) is 15.5 Å². The molecule has 5 unspecified atom stereocenters. The summed E-state index contributed by atoms with van der Waals surface area (Å²) in [4.78, 5) is 73.8. The normalized spacial score (nSPS) is 32.3. The third-order valence-corrected chi connectivity index (χ3v) is 11.4. The van der Waals surface area contributed by atoms with Crippen molar-refractivity contribution in [2.24, 2.45) is 4.99 Å². The van der Waals surface area contributed by atoms with E-state index in [1.165, 1.54) is 21.1 Å². The number of carbonyl (C=O) groups excluding carboxylic acids is 5. The number of phenols is 2. The molecule has 0 spiro atoms. The molecule has 5 N–H and O–H groups in total. The molecule has 0 bridgehead atoms. The van der Waals surface area contributed by atoms with E-state index in [0.29, 0.717) is 0 Å². The van der Waals surface area contributed by atoms with Gasteiger partial charge in [0.1, 0.15) is 35.4 Å². The number of aromatic hydroxyl groups is 2. The zero-order valence-corrected chi connectivity index (χ0v) is 29.7. The van der Waals surface area contributed by atoms with Crippen LogP contribution in [0, 0.1) is 6.92 Å². The van der Waals surface area contributed by atoms with Crippen molar-refractivity contribution in [3.63, 3.8) is 0 Å². The Bertz CT molecular complexity index is 1970. The molecular weight excluding hydrogens is 742 g/mol. The Morgan fingerprint density at radius 3 is 2.22 bits per heavy atom. The van der Waals surface area contributed by atoms with E-state index in [9.17, 15) is 49.5 Å². The molecule has 0 amide bonds. The first-order valence-corrected chi connectivity index (χ1v) is 16.4. The fourth-order valence-electron chi connectivity index (χ4n) is 7.92. The Hall–Kier alpha value is -3.94. The number of ether oxygens (including phenoxy) is 5. The Kier molecular flexibility index (Phi) is 9.12. The number of carbonyl (C=O) groups is 5. The van der Waals surface area contributed by atoms with Gasteiger partial charge in [-0.3, -0.25) is 24.2 Å². The lowest BCUT2D eigenvalue weighted by Crippen LogP contribution is -2.73. The molecule has 0 saturated carbocycles. The Balaban J connectivity index is 1.57. The van der Waals surface area contributed by atoms with Gasteiger partial charge in [-0.25, -0.2) is 4.79 Å². The van der Waals surface area contributed by atoms with Gasteiger partial charge in [-0.05, 0) is 31.0 Å². The summed E-state index contributed by atoms with van der Waals surface area (Å²) in [7, 11) is 4.59. The number of hydrogen-bond acceptors (Lipinski definition) is 16. The third kappa shape index (κ3) is 4.69. The number of aliphatic hydroxyl groups is 3. The van der Waals surface area contributed by atoms with E-state index >= 15 is 0 Å². The van der Waals surface area contributed by atoms with E-state index in [4.69, 9.17) is 23.7 Å². The van der Waals surface area contributed by atoms with E-state index < -0.39 is 135 Å². The fraction of sp³-hybridized carbons (Fsp3) is 0.471. The summed E-state index contributed by atoms with van der Waals surface area (Å²) in [5, 5.41) is 57.9. The number of hydrogen-bond donors (Lipinski definition) is 5. The van der Waals surface area contributed by atoms with Gasteiger partial charge in [-0.15, -0.1) is 0 Å². The van der Waals surface area contributed by atoms with Crippen LogP contribution in [0.3, 0.4) is 0 Å². The second-order valence-corrected chi connectivity index (χ2v) is 13.5. The predicted molar refractivity (Wildman–Crippen MR) is 175 cm³/mol. The Labute approximate surface area is 298 Å². The minimum atomic E-state index is -3.27. The zero-order chi connectivity index (χ0) is 37.6. The maximum Gasteiger partial charge on any atom is 0.341 e. The van der Waals surface area contributed by atoms with Crippen LogP contribution in [0.2, 0.25) is 0 Å². The molecule has 1 aliphatic heterocycles. The van der Waals surface area contributed by atoms with Crippen LogP contribution in [0.1, 0.15) is 81.8 Å². The molecule has 272 valence electrons. The number of benzene rings is 2. The SMILES string of the molecule is COC(=O)c1c(C)c(Br)c2c(c1O)[C@]1(O)C(=O)c3cc4c(c(O)c3C(=O)[C@]1(OC)[C@H](O)C2)C(=O)CC(=NC1OC(C)C(OC)C(O)C1OC)C4=O. The van der Waals surface area contributed by atoms with Crippen LogP contribution in [-0.4, -0.2) is 131 Å². The number of aliphatic hydroxyl groups excluding tert-OH is 2. The van der Waals surface area contributed by atoms with Crippen LogP contribution < -0.4 is 0 Å². The summed E-state index contributed by atoms with van der Waals surface area (Å²) >= 11 is 3.31. The van der Waals surface area contributed by atoms with E-state index in [0.717, 1.165) is 20.3 Å². The van der Waals surface area contributed by atoms with Crippen molar-refractivity contribution in [1.82, 2.24) is 0 Å². The van der Waals surface area contributed by atoms with Gasteiger partial charge in [0.05, 0.1) is 42.6 Å². The monoisotopic (exact) mass is 775 g/mol. The minimum Gasteiger partial charge on any atom is -0.507 e.